The Morgan fingerprint density at radius 1 is 0.917 bits per heavy atom. The molecule has 0 saturated carbocycles. The lowest BCUT2D eigenvalue weighted by molar-refractivity contribution is 0.0652. The van der Waals surface area contributed by atoms with Gasteiger partial charge in [-0.15, -0.1) is 0 Å². The Hall–Kier alpha value is -2.27. The van der Waals surface area contributed by atoms with Crippen molar-refractivity contribution >= 4 is 33.5 Å². The molecule has 24 heavy (non-hydrogen) atoms. The average Bonchev–Trinajstić information content (AvgIpc) is 2.87. The van der Waals surface area contributed by atoms with Crippen molar-refractivity contribution in [2.45, 2.75) is 12.8 Å². The number of hydrogen-bond acceptors (Lipinski definition) is 3. The third kappa shape index (κ3) is 3.17. The first-order chi connectivity index (χ1) is 11.6. The van der Waals surface area contributed by atoms with E-state index in [1.165, 1.54) is 4.90 Å². The highest BCUT2D eigenvalue weighted by Crippen LogP contribution is 2.22. The van der Waals surface area contributed by atoms with Crippen molar-refractivity contribution in [1.29, 1.82) is 0 Å². The van der Waals surface area contributed by atoms with Crippen molar-refractivity contribution in [3.63, 3.8) is 0 Å². The zero-order valence-corrected chi connectivity index (χ0v) is 14.6. The van der Waals surface area contributed by atoms with E-state index < -0.39 is 0 Å². The van der Waals surface area contributed by atoms with Crippen molar-refractivity contribution in [1.82, 2.24) is 4.90 Å². The van der Waals surface area contributed by atoms with Crippen molar-refractivity contribution in [3.8, 4) is 0 Å². The van der Waals surface area contributed by atoms with Gasteiger partial charge in [0, 0.05) is 12.1 Å². The molecule has 0 spiro atoms. The van der Waals surface area contributed by atoms with Crippen molar-refractivity contribution < 1.29 is 14.4 Å². The predicted octanol–water partition coefficient (Wildman–Crippen LogP) is 3.49. The van der Waals surface area contributed by atoms with Gasteiger partial charge in [-0.3, -0.25) is 19.3 Å². The van der Waals surface area contributed by atoms with Crippen LogP contribution in [0.3, 0.4) is 0 Å². The Balaban J connectivity index is 1.59. The molecule has 2 amide bonds. The van der Waals surface area contributed by atoms with Gasteiger partial charge in [-0.05, 0) is 30.5 Å². The Bertz CT molecular complexity index is 764. The maximum absolute atomic E-state index is 12.3. The van der Waals surface area contributed by atoms with Gasteiger partial charge in [0.1, 0.15) is 0 Å². The number of aryl methyl sites for hydroxylation is 1. The summed E-state index contributed by atoms with van der Waals surface area (Å²) in [5, 5.41) is 0.312. The van der Waals surface area contributed by atoms with Crippen LogP contribution in [0.5, 0.6) is 0 Å². The number of imide groups is 1. The molecule has 2 aromatic carbocycles. The lowest BCUT2D eigenvalue weighted by atomic mass is 10.1. The number of hydrogen-bond donors (Lipinski definition) is 0. The second-order valence-corrected chi connectivity index (χ2v) is 6.23. The number of alkyl halides is 1. The number of nitrogens with zero attached hydrogens (tertiary/aromatic N) is 1. The number of rotatable bonds is 6. The molecule has 0 radical (unpaired) electrons. The van der Waals surface area contributed by atoms with Crippen LogP contribution in [0.4, 0.5) is 0 Å². The number of halogens is 1. The number of amides is 2. The fourth-order valence-corrected chi connectivity index (χ4v) is 3.14. The summed E-state index contributed by atoms with van der Waals surface area (Å²) in [6, 6.07) is 14.4. The average molecular weight is 386 g/mol. The van der Waals surface area contributed by atoms with Gasteiger partial charge in [-0.2, -0.15) is 0 Å². The summed E-state index contributed by atoms with van der Waals surface area (Å²) in [6.45, 7) is 0.397. The molecule has 1 aliphatic rings. The highest BCUT2D eigenvalue weighted by molar-refractivity contribution is 9.09. The summed E-state index contributed by atoms with van der Waals surface area (Å²) >= 11 is 3.15. The fraction of sp³-hybridized carbons (Fsp3) is 0.211. The molecule has 0 saturated heterocycles. The zero-order valence-electron chi connectivity index (χ0n) is 13.0. The number of carbonyl (C=O) groups excluding carboxylic acids is 3. The second kappa shape index (κ2) is 7.09. The molecule has 2 aromatic rings. The number of carbonyl (C=O) groups is 3. The SMILES string of the molecule is O=C(CBr)c1ccc(CCCN2C(=O)c3ccccc3C2=O)cc1. The van der Waals surface area contributed by atoms with Gasteiger partial charge >= 0.3 is 0 Å². The molecule has 0 bridgehead atoms. The number of fused-ring (bicyclic) bond motifs is 1. The first-order valence-electron chi connectivity index (χ1n) is 7.75. The van der Waals surface area contributed by atoms with Gasteiger partial charge in [0.2, 0.25) is 0 Å². The number of ketones is 1. The predicted molar refractivity (Wildman–Crippen MR) is 94.7 cm³/mol. The largest absolute Gasteiger partial charge is 0.293 e. The van der Waals surface area contributed by atoms with Gasteiger partial charge in [-0.1, -0.05) is 52.3 Å². The Labute approximate surface area is 148 Å². The quantitative estimate of drug-likeness (QED) is 0.434. The minimum atomic E-state index is -0.214. The molecule has 0 N–H and O–H groups in total. The van der Waals surface area contributed by atoms with E-state index in [1.54, 1.807) is 36.4 Å². The molecule has 1 heterocycles. The maximum atomic E-state index is 12.3. The molecule has 0 atom stereocenters. The van der Waals surface area contributed by atoms with E-state index in [0.29, 0.717) is 35.0 Å². The molecule has 3 rings (SSSR count). The zero-order chi connectivity index (χ0) is 17.1. The molecule has 122 valence electrons. The third-order valence-corrected chi connectivity index (χ3v) is 4.63. The molecule has 1 aliphatic heterocycles. The van der Waals surface area contributed by atoms with Crippen molar-refractivity contribution in [2.24, 2.45) is 0 Å². The van der Waals surface area contributed by atoms with Gasteiger partial charge in [0.25, 0.3) is 11.8 Å². The van der Waals surface area contributed by atoms with E-state index in [2.05, 4.69) is 15.9 Å². The van der Waals surface area contributed by atoms with Crippen LogP contribution in [0.2, 0.25) is 0 Å². The van der Waals surface area contributed by atoms with Gasteiger partial charge in [0.15, 0.2) is 5.78 Å². The van der Waals surface area contributed by atoms with Crippen LogP contribution < -0.4 is 0 Å². The maximum Gasteiger partial charge on any atom is 0.261 e. The van der Waals surface area contributed by atoms with E-state index in [4.69, 9.17) is 0 Å². The number of benzene rings is 2. The Morgan fingerprint density at radius 3 is 2.04 bits per heavy atom. The monoisotopic (exact) mass is 385 g/mol. The summed E-state index contributed by atoms with van der Waals surface area (Å²) in [7, 11) is 0. The molecule has 0 fully saturated rings. The van der Waals surface area contributed by atoms with E-state index >= 15 is 0 Å². The topological polar surface area (TPSA) is 54.5 Å². The van der Waals surface area contributed by atoms with Crippen LogP contribution in [0.1, 0.15) is 43.1 Å². The second-order valence-electron chi connectivity index (χ2n) is 5.66. The molecule has 4 nitrogen and oxygen atoms in total. The Morgan fingerprint density at radius 2 is 1.50 bits per heavy atom. The van der Waals surface area contributed by atoms with Gasteiger partial charge in [-0.25, -0.2) is 0 Å². The minimum Gasteiger partial charge on any atom is -0.293 e. The van der Waals surface area contributed by atoms with E-state index in [0.717, 1.165) is 12.0 Å². The first-order valence-corrected chi connectivity index (χ1v) is 8.87. The van der Waals surface area contributed by atoms with E-state index in [-0.39, 0.29) is 17.6 Å². The normalized spacial score (nSPS) is 13.3. The van der Waals surface area contributed by atoms with Crippen LogP contribution in [0, 0.1) is 0 Å². The van der Waals surface area contributed by atoms with Crippen LogP contribution in [0.15, 0.2) is 48.5 Å². The Kier molecular flexibility index (Phi) is 4.90. The third-order valence-electron chi connectivity index (χ3n) is 4.12. The van der Waals surface area contributed by atoms with E-state index in [9.17, 15) is 14.4 Å². The van der Waals surface area contributed by atoms with Gasteiger partial charge < -0.3 is 0 Å². The smallest absolute Gasteiger partial charge is 0.261 e. The molecule has 0 unspecified atom stereocenters. The molecule has 5 heteroatoms. The number of Topliss-reactive ketones (excluding diaryl/α,β-unsaturated/α-hetero) is 1. The van der Waals surface area contributed by atoms with Crippen LogP contribution in [0.25, 0.3) is 0 Å². The highest BCUT2D eigenvalue weighted by Gasteiger charge is 2.34. The minimum absolute atomic E-state index is 0.0487. The van der Waals surface area contributed by atoms with Crippen LogP contribution in [-0.4, -0.2) is 34.4 Å². The van der Waals surface area contributed by atoms with E-state index in [1.807, 2.05) is 12.1 Å². The lowest BCUT2D eigenvalue weighted by Gasteiger charge is -2.13. The highest BCUT2D eigenvalue weighted by atomic mass is 79.9. The molecule has 0 aromatic heterocycles. The van der Waals surface area contributed by atoms with Crippen molar-refractivity contribution in [2.75, 3.05) is 11.9 Å². The van der Waals surface area contributed by atoms with Crippen molar-refractivity contribution in [3.05, 3.63) is 70.8 Å². The summed E-state index contributed by atoms with van der Waals surface area (Å²) in [6.07, 6.45) is 1.44. The molecular formula is C19H16BrNO3. The van der Waals surface area contributed by atoms with Crippen LogP contribution >= 0.6 is 15.9 Å². The molecule has 0 aliphatic carbocycles. The standard InChI is InChI=1S/C19H16BrNO3/c20-12-17(22)14-9-7-13(8-10-14)4-3-11-21-18(23)15-5-1-2-6-16(15)19(21)24/h1-2,5-10H,3-4,11-12H2. The fourth-order valence-electron chi connectivity index (χ4n) is 2.82. The summed E-state index contributed by atoms with van der Waals surface area (Å²) in [5.74, 6) is -0.379. The first kappa shape index (κ1) is 16.6. The van der Waals surface area contributed by atoms with Gasteiger partial charge in [0.05, 0.1) is 16.5 Å². The summed E-state index contributed by atoms with van der Waals surface area (Å²) in [5.41, 5.74) is 2.73. The summed E-state index contributed by atoms with van der Waals surface area (Å²) in [4.78, 5) is 37.4. The lowest BCUT2D eigenvalue weighted by Crippen LogP contribution is -2.30. The van der Waals surface area contributed by atoms with Crippen LogP contribution in [-0.2, 0) is 6.42 Å². The molecular weight excluding hydrogens is 370 g/mol. The summed E-state index contributed by atoms with van der Waals surface area (Å²) < 4.78 is 0.